The van der Waals surface area contributed by atoms with Crippen LogP contribution in [0.1, 0.15) is 50.2 Å². The van der Waals surface area contributed by atoms with Gasteiger partial charge in [0, 0.05) is 6.08 Å². The summed E-state index contributed by atoms with van der Waals surface area (Å²) in [6.07, 6.45) is 10.9. The molecule has 0 radical (unpaired) electrons. The molecule has 0 fully saturated rings. The molecule has 19 heavy (non-hydrogen) atoms. The van der Waals surface area contributed by atoms with Gasteiger partial charge in [-0.25, -0.2) is 4.79 Å². The van der Waals surface area contributed by atoms with Crippen LogP contribution in [0.3, 0.4) is 0 Å². The van der Waals surface area contributed by atoms with Gasteiger partial charge in [-0.05, 0) is 30.0 Å². The van der Waals surface area contributed by atoms with Gasteiger partial charge in [-0.3, -0.25) is 0 Å². The molecule has 0 amide bonds. The number of hydrogen-bond acceptors (Lipinski definition) is 2. The first-order valence-corrected chi connectivity index (χ1v) is 7.11. The number of rotatable bonds is 8. The minimum Gasteiger partial charge on any atom is -0.466 e. The van der Waals surface area contributed by atoms with E-state index in [4.69, 9.17) is 0 Å². The zero-order valence-electron chi connectivity index (χ0n) is 12.0. The Morgan fingerprint density at radius 2 is 1.79 bits per heavy atom. The molecule has 0 aliphatic heterocycles. The molecule has 0 spiro atoms. The Hall–Kier alpha value is -1.57. The Morgan fingerprint density at radius 3 is 2.42 bits per heavy atom. The van der Waals surface area contributed by atoms with Crippen molar-refractivity contribution in [2.75, 3.05) is 7.11 Å². The molecule has 0 bridgehead atoms. The highest BCUT2D eigenvalue weighted by molar-refractivity contribution is 5.86. The molecule has 1 aromatic rings. The second kappa shape index (κ2) is 9.37. The summed E-state index contributed by atoms with van der Waals surface area (Å²) in [5.74, 6) is -0.319. The zero-order valence-corrected chi connectivity index (χ0v) is 12.0. The van der Waals surface area contributed by atoms with Gasteiger partial charge in [0.1, 0.15) is 0 Å². The smallest absolute Gasteiger partial charge is 0.330 e. The number of ether oxygens (including phenoxy) is 1. The van der Waals surface area contributed by atoms with Crippen molar-refractivity contribution in [3.63, 3.8) is 0 Å². The highest BCUT2D eigenvalue weighted by atomic mass is 16.5. The van der Waals surface area contributed by atoms with E-state index < -0.39 is 0 Å². The molecule has 0 N–H and O–H groups in total. The van der Waals surface area contributed by atoms with E-state index in [0.717, 1.165) is 12.0 Å². The molecule has 0 heterocycles. The topological polar surface area (TPSA) is 26.3 Å². The lowest BCUT2D eigenvalue weighted by molar-refractivity contribution is -0.134. The van der Waals surface area contributed by atoms with Crippen molar-refractivity contribution in [1.29, 1.82) is 0 Å². The van der Waals surface area contributed by atoms with E-state index in [-0.39, 0.29) is 5.97 Å². The number of aryl methyl sites for hydroxylation is 1. The summed E-state index contributed by atoms with van der Waals surface area (Å²) in [4.78, 5) is 11.0. The van der Waals surface area contributed by atoms with Gasteiger partial charge in [0.05, 0.1) is 7.11 Å². The van der Waals surface area contributed by atoms with Gasteiger partial charge in [0.15, 0.2) is 0 Å². The Morgan fingerprint density at radius 1 is 1.11 bits per heavy atom. The van der Waals surface area contributed by atoms with Gasteiger partial charge < -0.3 is 4.74 Å². The first-order chi connectivity index (χ1) is 9.26. The van der Waals surface area contributed by atoms with Crippen molar-refractivity contribution in [2.24, 2.45) is 0 Å². The predicted octanol–water partition coefficient (Wildman–Crippen LogP) is 4.39. The van der Waals surface area contributed by atoms with E-state index in [2.05, 4.69) is 23.8 Å². The summed E-state index contributed by atoms with van der Waals surface area (Å²) in [7, 11) is 1.38. The van der Waals surface area contributed by atoms with E-state index in [1.54, 1.807) is 6.08 Å². The number of benzene rings is 1. The summed E-state index contributed by atoms with van der Waals surface area (Å²) < 4.78 is 4.56. The molecule has 1 aromatic carbocycles. The molecular weight excluding hydrogens is 236 g/mol. The van der Waals surface area contributed by atoms with Gasteiger partial charge in [-0.2, -0.15) is 0 Å². The maximum atomic E-state index is 11.0. The van der Waals surface area contributed by atoms with E-state index in [1.165, 1.54) is 50.9 Å². The Kier molecular flexibility index (Phi) is 7.64. The van der Waals surface area contributed by atoms with Crippen molar-refractivity contribution in [2.45, 2.75) is 45.4 Å². The van der Waals surface area contributed by atoms with Crippen LogP contribution in [-0.2, 0) is 16.0 Å². The maximum absolute atomic E-state index is 11.0. The monoisotopic (exact) mass is 260 g/mol. The normalized spacial score (nSPS) is 10.8. The van der Waals surface area contributed by atoms with E-state index in [0.29, 0.717) is 0 Å². The largest absolute Gasteiger partial charge is 0.466 e. The van der Waals surface area contributed by atoms with Crippen LogP contribution in [0.15, 0.2) is 30.3 Å². The van der Waals surface area contributed by atoms with Gasteiger partial charge in [-0.15, -0.1) is 0 Å². The Bertz CT molecular complexity index is 390. The SMILES string of the molecule is CCCCCCCc1ccc(C=CC(=O)OC)cc1. The molecule has 2 heteroatoms. The third kappa shape index (κ3) is 6.80. The molecule has 104 valence electrons. The van der Waals surface area contributed by atoms with Crippen LogP contribution in [0.4, 0.5) is 0 Å². The fourth-order valence-electron chi connectivity index (χ4n) is 1.96. The molecule has 0 atom stereocenters. The summed E-state index contributed by atoms with van der Waals surface area (Å²) in [5, 5.41) is 0. The second-order valence-corrected chi connectivity index (χ2v) is 4.76. The van der Waals surface area contributed by atoms with Crippen molar-refractivity contribution in [3.05, 3.63) is 41.5 Å². The van der Waals surface area contributed by atoms with Gasteiger partial charge in [0.2, 0.25) is 0 Å². The highest BCUT2D eigenvalue weighted by Crippen LogP contribution is 2.11. The van der Waals surface area contributed by atoms with Gasteiger partial charge >= 0.3 is 5.97 Å². The molecule has 0 aliphatic rings. The van der Waals surface area contributed by atoms with Crippen LogP contribution in [0.25, 0.3) is 6.08 Å². The van der Waals surface area contributed by atoms with E-state index >= 15 is 0 Å². The first kappa shape index (κ1) is 15.5. The fraction of sp³-hybridized carbons (Fsp3) is 0.471. The Labute approximate surface area is 116 Å². The van der Waals surface area contributed by atoms with Crippen molar-refractivity contribution in [1.82, 2.24) is 0 Å². The standard InChI is InChI=1S/C17H24O2/c1-3-4-5-6-7-8-15-9-11-16(12-10-15)13-14-17(18)19-2/h9-14H,3-8H2,1-2H3. The van der Waals surface area contributed by atoms with Crippen LogP contribution in [0.5, 0.6) is 0 Å². The quantitative estimate of drug-likeness (QED) is 0.394. The van der Waals surface area contributed by atoms with Crippen LogP contribution >= 0.6 is 0 Å². The van der Waals surface area contributed by atoms with E-state index in [1.807, 2.05) is 12.1 Å². The lowest BCUT2D eigenvalue weighted by Gasteiger charge is -2.02. The van der Waals surface area contributed by atoms with Crippen LogP contribution in [0, 0.1) is 0 Å². The van der Waals surface area contributed by atoms with Crippen molar-refractivity contribution >= 4 is 12.0 Å². The van der Waals surface area contributed by atoms with Crippen molar-refractivity contribution in [3.8, 4) is 0 Å². The number of hydrogen-bond donors (Lipinski definition) is 0. The summed E-state index contributed by atoms with van der Waals surface area (Å²) in [6, 6.07) is 8.36. The summed E-state index contributed by atoms with van der Waals surface area (Å²) in [5.41, 5.74) is 2.40. The molecule has 0 saturated heterocycles. The molecule has 0 unspecified atom stereocenters. The zero-order chi connectivity index (χ0) is 13.9. The minimum absolute atomic E-state index is 0.319. The van der Waals surface area contributed by atoms with Crippen molar-refractivity contribution < 1.29 is 9.53 Å². The third-order valence-corrected chi connectivity index (χ3v) is 3.16. The number of methoxy groups -OCH3 is 1. The molecule has 0 aromatic heterocycles. The highest BCUT2D eigenvalue weighted by Gasteiger charge is 1.95. The lowest BCUT2D eigenvalue weighted by atomic mass is 10.0. The fourth-order valence-corrected chi connectivity index (χ4v) is 1.96. The molecule has 0 aliphatic carbocycles. The van der Waals surface area contributed by atoms with Crippen LogP contribution in [0.2, 0.25) is 0 Å². The average Bonchev–Trinajstić information content (AvgIpc) is 2.45. The molecule has 1 rings (SSSR count). The number of carbonyl (C=O) groups is 1. The first-order valence-electron chi connectivity index (χ1n) is 7.11. The molecular formula is C17H24O2. The third-order valence-electron chi connectivity index (χ3n) is 3.16. The number of esters is 1. The molecule has 2 nitrogen and oxygen atoms in total. The van der Waals surface area contributed by atoms with Crippen LogP contribution < -0.4 is 0 Å². The summed E-state index contributed by atoms with van der Waals surface area (Å²) in [6.45, 7) is 2.24. The molecule has 0 saturated carbocycles. The maximum Gasteiger partial charge on any atom is 0.330 e. The van der Waals surface area contributed by atoms with Gasteiger partial charge in [0.25, 0.3) is 0 Å². The Balaban J connectivity index is 2.35. The minimum atomic E-state index is -0.319. The lowest BCUT2D eigenvalue weighted by Crippen LogP contribution is -1.93. The number of unbranched alkanes of at least 4 members (excludes halogenated alkanes) is 4. The summed E-state index contributed by atoms with van der Waals surface area (Å²) >= 11 is 0. The van der Waals surface area contributed by atoms with E-state index in [9.17, 15) is 4.79 Å². The van der Waals surface area contributed by atoms with Gasteiger partial charge in [-0.1, -0.05) is 56.9 Å². The number of carbonyl (C=O) groups excluding carboxylic acids is 1. The average molecular weight is 260 g/mol. The predicted molar refractivity (Wildman–Crippen MR) is 80.0 cm³/mol. The van der Waals surface area contributed by atoms with Crippen LogP contribution in [-0.4, -0.2) is 13.1 Å². The second-order valence-electron chi connectivity index (χ2n) is 4.76.